The maximum absolute atomic E-state index is 4.44. The average Bonchev–Trinajstić information content (AvgIpc) is 2.89. The van der Waals surface area contributed by atoms with Crippen LogP contribution in [0.25, 0.3) is 0 Å². The van der Waals surface area contributed by atoms with Crippen molar-refractivity contribution in [1.82, 2.24) is 25.0 Å². The van der Waals surface area contributed by atoms with Gasteiger partial charge in [-0.2, -0.15) is 0 Å². The quantitative estimate of drug-likeness (QED) is 0.886. The molecule has 0 aromatic carbocycles. The summed E-state index contributed by atoms with van der Waals surface area (Å²) in [5.74, 6) is 2.37. The lowest BCUT2D eigenvalue weighted by Crippen LogP contribution is -2.43. The Morgan fingerprint density at radius 3 is 2.89 bits per heavy atom. The second-order valence-electron chi connectivity index (χ2n) is 5.69. The van der Waals surface area contributed by atoms with E-state index in [4.69, 9.17) is 0 Å². The molecule has 0 radical (unpaired) electrons. The monoisotopic (exact) mass is 263 g/mol. The highest BCUT2D eigenvalue weighted by Gasteiger charge is 2.23. The van der Waals surface area contributed by atoms with Gasteiger partial charge in [0.05, 0.1) is 6.54 Å². The third-order valence-electron chi connectivity index (χ3n) is 4.51. The first kappa shape index (κ1) is 13.1. The van der Waals surface area contributed by atoms with Crippen LogP contribution in [0.2, 0.25) is 0 Å². The Balaban J connectivity index is 1.69. The van der Waals surface area contributed by atoms with Gasteiger partial charge in [0.2, 0.25) is 0 Å². The van der Waals surface area contributed by atoms with Crippen LogP contribution in [0.3, 0.4) is 0 Å². The molecule has 0 aliphatic carbocycles. The summed E-state index contributed by atoms with van der Waals surface area (Å²) in [5.41, 5.74) is 0. The second kappa shape index (κ2) is 6.01. The summed E-state index contributed by atoms with van der Waals surface area (Å²) in [5, 5.41) is 12.2. The van der Waals surface area contributed by atoms with Gasteiger partial charge in [0.1, 0.15) is 11.6 Å². The average molecular weight is 263 g/mol. The summed E-state index contributed by atoms with van der Waals surface area (Å²) in [6.45, 7) is 7.75. The molecule has 0 bridgehead atoms. The molecule has 0 unspecified atom stereocenters. The topological polar surface area (TPSA) is 46.0 Å². The van der Waals surface area contributed by atoms with Gasteiger partial charge in [-0.25, -0.2) is 0 Å². The fourth-order valence-corrected chi connectivity index (χ4v) is 3.34. The fourth-order valence-electron chi connectivity index (χ4n) is 3.34. The molecule has 3 heterocycles. The van der Waals surface area contributed by atoms with Gasteiger partial charge in [-0.05, 0) is 45.3 Å². The summed E-state index contributed by atoms with van der Waals surface area (Å²) in [6, 6.07) is 0.711. The van der Waals surface area contributed by atoms with Gasteiger partial charge in [0.15, 0.2) is 0 Å². The lowest BCUT2D eigenvalue weighted by atomic mass is 10.0. The van der Waals surface area contributed by atoms with Crippen LogP contribution in [0.1, 0.15) is 44.3 Å². The Morgan fingerprint density at radius 1 is 1.26 bits per heavy atom. The molecule has 5 heteroatoms. The number of aryl methyl sites for hydroxylation is 1. The van der Waals surface area contributed by atoms with Crippen molar-refractivity contribution < 1.29 is 0 Å². The zero-order valence-corrected chi connectivity index (χ0v) is 11.9. The van der Waals surface area contributed by atoms with Crippen LogP contribution in [0, 0.1) is 0 Å². The van der Waals surface area contributed by atoms with Crippen LogP contribution in [-0.4, -0.2) is 45.3 Å². The molecule has 19 heavy (non-hydrogen) atoms. The Bertz CT molecular complexity index is 408. The molecule has 1 N–H and O–H groups in total. The third-order valence-corrected chi connectivity index (χ3v) is 4.51. The van der Waals surface area contributed by atoms with Crippen LogP contribution in [0.4, 0.5) is 0 Å². The van der Waals surface area contributed by atoms with Crippen LogP contribution in [-0.2, 0) is 19.5 Å². The Hall–Kier alpha value is -0.940. The minimum Gasteiger partial charge on any atom is -0.317 e. The van der Waals surface area contributed by atoms with Gasteiger partial charge >= 0.3 is 0 Å². The summed E-state index contributed by atoms with van der Waals surface area (Å²) < 4.78 is 2.35. The van der Waals surface area contributed by atoms with Crippen LogP contribution in [0.5, 0.6) is 0 Å². The molecule has 0 amide bonds. The summed E-state index contributed by atoms with van der Waals surface area (Å²) in [7, 11) is 0. The predicted octanol–water partition coefficient (Wildman–Crippen LogP) is 1.19. The molecule has 1 aromatic heterocycles. The summed E-state index contributed by atoms with van der Waals surface area (Å²) >= 11 is 0. The molecular formula is C14H25N5. The highest BCUT2D eigenvalue weighted by atomic mass is 15.3. The molecule has 2 aliphatic rings. The number of piperidine rings is 1. The molecule has 0 spiro atoms. The number of rotatable bonds is 4. The van der Waals surface area contributed by atoms with Crippen molar-refractivity contribution in [2.75, 3.05) is 19.6 Å². The van der Waals surface area contributed by atoms with Crippen molar-refractivity contribution in [2.45, 2.75) is 58.2 Å². The maximum Gasteiger partial charge on any atom is 0.147 e. The minimum atomic E-state index is 0.711. The van der Waals surface area contributed by atoms with E-state index in [0.29, 0.717) is 6.04 Å². The molecule has 1 saturated heterocycles. The van der Waals surface area contributed by atoms with Gasteiger partial charge in [-0.3, -0.25) is 4.90 Å². The minimum absolute atomic E-state index is 0.711. The number of hydrogen-bond donors (Lipinski definition) is 1. The fraction of sp³-hybridized carbons (Fsp3) is 0.857. The van der Waals surface area contributed by atoms with E-state index in [1.54, 1.807) is 0 Å². The van der Waals surface area contributed by atoms with Gasteiger partial charge in [0.25, 0.3) is 0 Å². The molecular weight excluding hydrogens is 238 g/mol. The van der Waals surface area contributed by atoms with E-state index in [0.717, 1.165) is 39.1 Å². The van der Waals surface area contributed by atoms with E-state index in [2.05, 4.69) is 31.9 Å². The first-order valence-corrected chi connectivity index (χ1v) is 7.74. The molecule has 0 saturated carbocycles. The summed E-state index contributed by atoms with van der Waals surface area (Å²) in [6.07, 6.45) is 6.16. The van der Waals surface area contributed by atoms with E-state index in [1.807, 2.05) is 0 Å². The summed E-state index contributed by atoms with van der Waals surface area (Å²) in [4.78, 5) is 2.58. The Kier molecular flexibility index (Phi) is 4.13. The van der Waals surface area contributed by atoms with E-state index < -0.39 is 0 Å². The molecule has 1 aromatic rings. The number of aromatic nitrogens is 3. The van der Waals surface area contributed by atoms with Crippen molar-refractivity contribution in [3.05, 3.63) is 11.6 Å². The molecule has 3 rings (SSSR count). The molecule has 5 nitrogen and oxygen atoms in total. The first-order chi connectivity index (χ1) is 9.38. The smallest absolute Gasteiger partial charge is 0.147 e. The lowest BCUT2D eigenvalue weighted by molar-refractivity contribution is 0.156. The van der Waals surface area contributed by atoms with Crippen LogP contribution in [0.15, 0.2) is 0 Å². The van der Waals surface area contributed by atoms with Crippen LogP contribution < -0.4 is 5.32 Å². The molecule has 0 atom stereocenters. The van der Waals surface area contributed by atoms with Gasteiger partial charge in [0, 0.05) is 19.0 Å². The number of hydrogen-bond acceptors (Lipinski definition) is 4. The number of nitrogens with zero attached hydrogens (tertiary/aromatic N) is 4. The maximum atomic E-state index is 4.44. The lowest BCUT2D eigenvalue weighted by Gasteiger charge is -2.33. The number of nitrogens with one attached hydrogen (secondary N) is 1. The van der Waals surface area contributed by atoms with E-state index in [-0.39, 0.29) is 0 Å². The predicted molar refractivity (Wildman–Crippen MR) is 74.9 cm³/mol. The molecule has 1 fully saturated rings. The van der Waals surface area contributed by atoms with Gasteiger partial charge in [-0.15, -0.1) is 10.2 Å². The SMILES string of the molecule is CCN(Cc1nnc2n1CCCC2)C1CCNCC1. The Morgan fingerprint density at radius 2 is 2.11 bits per heavy atom. The van der Waals surface area contributed by atoms with E-state index in [9.17, 15) is 0 Å². The van der Waals surface area contributed by atoms with Crippen molar-refractivity contribution in [3.8, 4) is 0 Å². The van der Waals surface area contributed by atoms with Crippen molar-refractivity contribution in [3.63, 3.8) is 0 Å². The number of fused-ring (bicyclic) bond motifs is 1. The van der Waals surface area contributed by atoms with Crippen LogP contribution >= 0.6 is 0 Å². The zero-order chi connectivity index (χ0) is 13.1. The van der Waals surface area contributed by atoms with Crippen molar-refractivity contribution in [2.24, 2.45) is 0 Å². The Labute approximate surface area is 115 Å². The third kappa shape index (κ3) is 2.82. The second-order valence-corrected chi connectivity index (χ2v) is 5.69. The molecule has 106 valence electrons. The largest absolute Gasteiger partial charge is 0.317 e. The van der Waals surface area contributed by atoms with Crippen molar-refractivity contribution >= 4 is 0 Å². The first-order valence-electron chi connectivity index (χ1n) is 7.74. The molecule has 2 aliphatic heterocycles. The van der Waals surface area contributed by atoms with Crippen molar-refractivity contribution in [1.29, 1.82) is 0 Å². The van der Waals surface area contributed by atoms with Gasteiger partial charge < -0.3 is 9.88 Å². The standard InChI is InChI=1S/C14H25N5/c1-2-18(12-6-8-15-9-7-12)11-14-17-16-13-5-3-4-10-19(13)14/h12,15H,2-11H2,1H3. The van der Waals surface area contributed by atoms with E-state index >= 15 is 0 Å². The van der Waals surface area contributed by atoms with Gasteiger partial charge in [-0.1, -0.05) is 6.92 Å². The van der Waals surface area contributed by atoms with E-state index in [1.165, 1.54) is 37.3 Å². The highest BCUT2D eigenvalue weighted by Crippen LogP contribution is 2.18. The highest BCUT2D eigenvalue weighted by molar-refractivity contribution is 4.99. The zero-order valence-electron chi connectivity index (χ0n) is 11.9. The normalized spacial score (nSPS) is 20.7.